The largest absolute Gasteiger partial charge is 0.396 e. The molecule has 1 unspecified atom stereocenters. The lowest BCUT2D eigenvalue weighted by Gasteiger charge is -2.22. The van der Waals surface area contributed by atoms with Gasteiger partial charge in [-0.05, 0) is 40.2 Å². The van der Waals surface area contributed by atoms with E-state index in [-0.39, 0.29) is 12.2 Å². The fourth-order valence-corrected chi connectivity index (χ4v) is 1.39. The second kappa shape index (κ2) is 9.83. The summed E-state index contributed by atoms with van der Waals surface area (Å²) in [5, 5.41) is 21.4. The molecule has 0 rings (SSSR count). The third kappa shape index (κ3) is 13.8. The normalized spacial score (nSPS) is 13.9. The Balaban J connectivity index is 3.25. The minimum atomic E-state index is -0.438. The molecule has 0 amide bonds. The van der Waals surface area contributed by atoms with Crippen molar-refractivity contribution in [3.8, 4) is 0 Å². The molecule has 0 saturated heterocycles. The molecule has 0 aromatic rings. The Morgan fingerprint density at radius 3 is 2.35 bits per heavy atom. The van der Waals surface area contributed by atoms with Crippen LogP contribution in [0.5, 0.6) is 0 Å². The quantitative estimate of drug-likeness (QED) is 0.509. The van der Waals surface area contributed by atoms with Crippen molar-refractivity contribution in [2.24, 2.45) is 0 Å². The molecule has 4 heteroatoms. The summed E-state index contributed by atoms with van der Waals surface area (Å²) in [6.45, 7) is 8.10. The molecule has 0 fully saturated rings. The summed E-state index contributed by atoms with van der Waals surface area (Å²) >= 11 is 0. The van der Waals surface area contributed by atoms with Crippen molar-refractivity contribution < 1.29 is 14.9 Å². The minimum absolute atomic E-state index is 0.189. The molecule has 1 atom stereocenters. The first-order valence-corrected chi connectivity index (χ1v) is 6.59. The molecule has 0 aromatic heterocycles. The molecule has 0 aromatic carbocycles. The van der Waals surface area contributed by atoms with Crippen molar-refractivity contribution in [2.45, 2.75) is 58.2 Å². The predicted molar refractivity (Wildman–Crippen MR) is 70.1 cm³/mol. The Morgan fingerprint density at radius 2 is 1.76 bits per heavy atom. The first-order valence-electron chi connectivity index (χ1n) is 6.59. The lowest BCUT2D eigenvalue weighted by molar-refractivity contribution is -0.0478. The molecule has 0 aliphatic rings. The lowest BCUT2D eigenvalue weighted by Crippen LogP contribution is -2.34. The van der Waals surface area contributed by atoms with E-state index in [0.29, 0.717) is 13.2 Å². The zero-order chi connectivity index (χ0) is 13.1. The molecule has 0 saturated carbocycles. The average molecular weight is 247 g/mol. The molecule has 4 nitrogen and oxygen atoms in total. The van der Waals surface area contributed by atoms with Gasteiger partial charge >= 0.3 is 0 Å². The van der Waals surface area contributed by atoms with Crippen LogP contribution in [0.4, 0.5) is 0 Å². The van der Waals surface area contributed by atoms with Crippen LogP contribution in [-0.4, -0.2) is 48.2 Å². The Kier molecular flexibility index (Phi) is 9.74. The molecule has 0 spiro atoms. The van der Waals surface area contributed by atoms with Crippen molar-refractivity contribution in [3.63, 3.8) is 0 Å². The minimum Gasteiger partial charge on any atom is -0.396 e. The molecule has 104 valence electrons. The van der Waals surface area contributed by atoms with Gasteiger partial charge in [-0.3, -0.25) is 0 Å². The van der Waals surface area contributed by atoms with E-state index in [2.05, 4.69) is 5.32 Å². The standard InChI is InChI=1S/C13H29NO3/c1-13(2,3)17-11-12(16)10-14-8-6-4-5-7-9-15/h12,14-16H,4-11H2,1-3H3. The highest BCUT2D eigenvalue weighted by Gasteiger charge is 2.12. The van der Waals surface area contributed by atoms with Gasteiger partial charge in [0.15, 0.2) is 0 Å². The molecule has 0 aliphatic heterocycles. The van der Waals surface area contributed by atoms with Crippen LogP contribution >= 0.6 is 0 Å². The van der Waals surface area contributed by atoms with Crippen LogP contribution in [-0.2, 0) is 4.74 Å². The zero-order valence-corrected chi connectivity index (χ0v) is 11.5. The van der Waals surface area contributed by atoms with E-state index in [1.807, 2.05) is 20.8 Å². The molecule has 0 aliphatic carbocycles. The maximum absolute atomic E-state index is 9.63. The van der Waals surface area contributed by atoms with Gasteiger partial charge in [0, 0.05) is 13.2 Å². The lowest BCUT2D eigenvalue weighted by atomic mass is 10.2. The number of aliphatic hydroxyl groups excluding tert-OH is 2. The van der Waals surface area contributed by atoms with Gasteiger partial charge in [0.1, 0.15) is 0 Å². The highest BCUT2D eigenvalue weighted by atomic mass is 16.5. The predicted octanol–water partition coefficient (Wildman–Crippen LogP) is 1.30. The van der Waals surface area contributed by atoms with Gasteiger partial charge in [-0.1, -0.05) is 12.8 Å². The van der Waals surface area contributed by atoms with E-state index in [1.165, 1.54) is 0 Å². The van der Waals surface area contributed by atoms with Gasteiger partial charge in [-0.15, -0.1) is 0 Å². The second-order valence-corrected chi connectivity index (χ2v) is 5.42. The first kappa shape index (κ1) is 16.8. The Hall–Kier alpha value is -0.160. The summed E-state index contributed by atoms with van der Waals surface area (Å²) in [5.41, 5.74) is -0.189. The fourth-order valence-electron chi connectivity index (χ4n) is 1.39. The van der Waals surface area contributed by atoms with E-state index in [0.717, 1.165) is 32.2 Å². The van der Waals surface area contributed by atoms with Gasteiger partial charge in [-0.2, -0.15) is 0 Å². The molecule has 0 radical (unpaired) electrons. The SMILES string of the molecule is CC(C)(C)OCC(O)CNCCCCCCO. The Labute approximate surface area is 105 Å². The maximum Gasteiger partial charge on any atom is 0.0897 e. The third-order valence-corrected chi connectivity index (χ3v) is 2.35. The van der Waals surface area contributed by atoms with E-state index in [1.54, 1.807) is 0 Å². The van der Waals surface area contributed by atoms with E-state index in [4.69, 9.17) is 9.84 Å². The van der Waals surface area contributed by atoms with Crippen LogP contribution in [0.25, 0.3) is 0 Å². The van der Waals surface area contributed by atoms with Crippen molar-refractivity contribution in [1.82, 2.24) is 5.32 Å². The number of unbranched alkanes of at least 4 members (excludes halogenated alkanes) is 3. The summed E-state index contributed by atoms with van der Waals surface area (Å²) in [6, 6.07) is 0. The number of hydrogen-bond donors (Lipinski definition) is 3. The summed E-state index contributed by atoms with van der Waals surface area (Å²) in [5.74, 6) is 0. The average Bonchev–Trinajstić information content (AvgIpc) is 2.24. The molecule has 17 heavy (non-hydrogen) atoms. The van der Waals surface area contributed by atoms with Gasteiger partial charge in [0.25, 0.3) is 0 Å². The van der Waals surface area contributed by atoms with Crippen molar-refractivity contribution >= 4 is 0 Å². The number of nitrogens with one attached hydrogen (secondary N) is 1. The number of hydrogen-bond acceptors (Lipinski definition) is 4. The van der Waals surface area contributed by atoms with Crippen LogP contribution in [0.15, 0.2) is 0 Å². The Morgan fingerprint density at radius 1 is 1.12 bits per heavy atom. The summed E-state index contributed by atoms with van der Waals surface area (Å²) in [6.07, 6.45) is 3.75. The van der Waals surface area contributed by atoms with Gasteiger partial charge in [0.2, 0.25) is 0 Å². The fraction of sp³-hybridized carbons (Fsp3) is 1.00. The van der Waals surface area contributed by atoms with E-state index >= 15 is 0 Å². The third-order valence-electron chi connectivity index (χ3n) is 2.35. The molecular formula is C13H29NO3. The number of rotatable bonds is 10. The summed E-state index contributed by atoms with van der Waals surface area (Å²) in [7, 11) is 0. The molecule has 3 N–H and O–H groups in total. The number of ether oxygens (including phenoxy) is 1. The van der Waals surface area contributed by atoms with Crippen molar-refractivity contribution in [1.29, 1.82) is 0 Å². The van der Waals surface area contributed by atoms with Gasteiger partial charge < -0.3 is 20.3 Å². The van der Waals surface area contributed by atoms with E-state index in [9.17, 15) is 5.11 Å². The van der Waals surface area contributed by atoms with Crippen LogP contribution in [0.1, 0.15) is 46.5 Å². The van der Waals surface area contributed by atoms with Crippen molar-refractivity contribution in [3.05, 3.63) is 0 Å². The summed E-state index contributed by atoms with van der Waals surface area (Å²) in [4.78, 5) is 0. The smallest absolute Gasteiger partial charge is 0.0897 e. The number of aliphatic hydroxyl groups is 2. The summed E-state index contributed by atoms with van der Waals surface area (Å²) < 4.78 is 5.48. The van der Waals surface area contributed by atoms with Gasteiger partial charge in [0.05, 0.1) is 18.3 Å². The van der Waals surface area contributed by atoms with E-state index < -0.39 is 6.10 Å². The van der Waals surface area contributed by atoms with Gasteiger partial charge in [-0.25, -0.2) is 0 Å². The maximum atomic E-state index is 9.63. The molecular weight excluding hydrogens is 218 g/mol. The topological polar surface area (TPSA) is 61.7 Å². The van der Waals surface area contributed by atoms with Crippen LogP contribution in [0, 0.1) is 0 Å². The molecule has 0 heterocycles. The highest BCUT2D eigenvalue weighted by molar-refractivity contribution is 4.64. The highest BCUT2D eigenvalue weighted by Crippen LogP contribution is 2.06. The second-order valence-electron chi connectivity index (χ2n) is 5.42. The molecule has 0 bridgehead atoms. The zero-order valence-electron chi connectivity index (χ0n) is 11.5. The Bertz CT molecular complexity index is 169. The van der Waals surface area contributed by atoms with Crippen LogP contribution in [0.3, 0.4) is 0 Å². The van der Waals surface area contributed by atoms with Crippen molar-refractivity contribution in [2.75, 3.05) is 26.3 Å². The van der Waals surface area contributed by atoms with Crippen LogP contribution in [0.2, 0.25) is 0 Å². The van der Waals surface area contributed by atoms with Crippen LogP contribution < -0.4 is 5.32 Å². The first-order chi connectivity index (χ1) is 7.95. The monoisotopic (exact) mass is 247 g/mol.